The monoisotopic (exact) mass is 435 g/mol. The first-order valence-electron chi connectivity index (χ1n) is 10.2. The number of rotatable bonds is 6. The first-order chi connectivity index (χ1) is 15.0. The Morgan fingerprint density at radius 3 is 2.65 bits per heavy atom. The van der Waals surface area contributed by atoms with Crippen LogP contribution in [0.25, 0.3) is 4.85 Å². The summed E-state index contributed by atoms with van der Waals surface area (Å²) in [6, 6.07) is 8.99. The molecular formula is C23H25N5O2S. The van der Waals surface area contributed by atoms with Gasteiger partial charge in [0.1, 0.15) is 16.9 Å². The summed E-state index contributed by atoms with van der Waals surface area (Å²) < 4.78 is 0. The zero-order chi connectivity index (χ0) is 22.4. The fourth-order valence-electron chi connectivity index (χ4n) is 3.64. The van der Waals surface area contributed by atoms with Gasteiger partial charge in [0, 0.05) is 25.4 Å². The van der Waals surface area contributed by atoms with Crippen molar-refractivity contribution in [3.05, 3.63) is 57.9 Å². The fourth-order valence-corrected chi connectivity index (χ4v) is 4.60. The van der Waals surface area contributed by atoms with Gasteiger partial charge in [-0.15, -0.1) is 11.8 Å². The number of carbonyl (C=O) groups is 1. The van der Waals surface area contributed by atoms with E-state index in [4.69, 9.17) is 16.7 Å². The van der Waals surface area contributed by atoms with E-state index < -0.39 is 5.97 Å². The van der Waals surface area contributed by atoms with E-state index in [9.17, 15) is 10.1 Å². The second-order valence-electron chi connectivity index (χ2n) is 7.45. The van der Waals surface area contributed by atoms with E-state index >= 15 is 0 Å². The molecule has 3 rings (SSSR count). The molecule has 31 heavy (non-hydrogen) atoms. The molecule has 1 aromatic carbocycles. The zero-order valence-corrected chi connectivity index (χ0v) is 18.6. The number of aromatic carboxylic acids is 1. The first-order valence-corrected chi connectivity index (χ1v) is 11.2. The second kappa shape index (κ2) is 10.3. The molecule has 7 nitrogen and oxygen atoms in total. The van der Waals surface area contributed by atoms with E-state index in [2.05, 4.69) is 27.8 Å². The molecule has 1 N–H and O–H groups in total. The van der Waals surface area contributed by atoms with Crippen molar-refractivity contribution in [2.45, 2.75) is 30.5 Å². The van der Waals surface area contributed by atoms with Crippen LogP contribution < -0.4 is 4.90 Å². The number of nitriles is 1. The molecule has 1 fully saturated rings. The summed E-state index contributed by atoms with van der Waals surface area (Å²) in [5.74, 6) is 0.275. The van der Waals surface area contributed by atoms with Gasteiger partial charge < -0.3 is 14.9 Å². The smallest absolute Gasteiger partial charge is 0.335 e. The van der Waals surface area contributed by atoms with Gasteiger partial charge in [-0.3, -0.25) is 0 Å². The number of hydrogen-bond donors (Lipinski definition) is 1. The molecule has 8 heteroatoms. The normalized spacial score (nSPS) is 14.5. The van der Waals surface area contributed by atoms with Crippen molar-refractivity contribution < 1.29 is 9.90 Å². The van der Waals surface area contributed by atoms with Crippen molar-refractivity contribution >= 4 is 29.2 Å². The maximum absolute atomic E-state index is 11.1. The minimum atomic E-state index is -0.956. The predicted molar refractivity (Wildman–Crippen MR) is 122 cm³/mol. The summed E-state index contributed by atoms with van der Waals surface area (Å²) in [4.78, 5) is 24.1. The summed E-state index contributed by atoms with van der Waals surface area (Å²) >= 11 is 1.45. The van der Waals surface area contributed by atoms with Crippen LogP contribution in [0.15, 0.2) is 29.3 Å². The molecule has 0 amide bonds. The molecule has 0 unspecified atom stereocenters. The van der Waals surface area contributed by atoms with Crippen LogP contribution in [0.2, 0.25) is 0 Å². The SMILES string of the molecule is [C-]#[N+]c1c(N2CCCN(C)CC2)nc(SCc2ccc(C(=O)O)cc2)c(C#N)c1CC. The van der Waals surface area contributed by atoms with Gasteiger partial charge in [0.05, 0.1) is 17.7 Å². The number of carboxylic acid groups (broad SMARTS) is 1. The van der Waals surface area contributed by atoms with Crippen LogP contribution in [-0.2, 0) is 12.2 Å². The van der Waals surface area contributed by atoms with Crippen molar-refractivity contribution in [1.29, 1.82) is 5.26 Å². The van der Waals surface area contributed by atoms with Gasteiger partial charge in [-0.05, 0) is 49.7 Å². The molecule has 0 atom stereocenters. The highest BCUT2D eigenvalue weighted by molar-refractivity contribution is 7.98. The number of thioether (sulfide) groups is 1. The summed E-state index contributed by atoms with van der Waals surface area (Å²) in [6.45, 7) is 13.3. The third-order valence-electron chi connectivity index (χ3n) is 5.39. The maximum atomic E-state index is 11.1. The van der Waals surface area contributed by atoms with E-state index in [1.165, 1.54) is 11.8 Å². The molecule has 0 aliphatic carbocycles. The van der Waals surface area contributed by atoms with Gasteiger partial charge in [0.25, 0.3) is 0 Å². The van der Waals surface area contributed by atoms with Crippen molar-refractivity contribution in [3.63, 3.8) is 0 Å². The summed E-state index contributed by atoms with van der Waals surface area (Å²) in [6.07, 6.45) is 1.58. The summed E-state index contributed by atoms with van der Waals surface area (Å²) in [5.41, 5.74) is 2.90. The van der Waals surface area contributed by atoms with Crippen LogP contribution in [0.4, 0.5) is 11.5 Å². The number of carboxylic acids is 1. The number of anilines is 1. The van der Waals surface area contributed by atoms with Gasteiger partial charge in [-0.1, -0.05) is 19.1 Å². The molecule has 1 aliphatic heterocycles. The molecule has 0 saturated carbocycles. The fraction of sp³-hybridized carbons (Fsp3) is 0.391. The standard InChI is InChI=1S/C23H25N5O2S/c1-4-18-19(14-24)22(31-15-16-6-8-17(9-7-16)23(29)30)26-21(20(18)25-2)28-11-5-10-27(3)12-13-28/h6-9H,4-5,10-13,15H2,1,3H3,(H,29,30). The Labute approximate surface area is 187 Å². The average molecular weight is 436 g/mol. The van der Waals surface area contributed by atoms with E-state index in [0.717, 1.165) is 43.7 Å². The molecule has 2 heterocycles. The molecular weight excluding hydrogens is 410 g/mol. The predicted octanol–water partition coefficient (Wildman–Crippen LogP) is 4.20. The Kier molecular flexibility index (Phi) is 7.51. The van der Waals surface area contributed by atoms with Crippen LogP contribution in [-0.4, -0.2) is 54.2 Å². The van der Waals surface area contributed by atoms with Gasteiger partial charge in [0.15, 0.2) is 0 Å². The number of pyridine rings is 1. The Morgan fingerprint density at radius 1 is 1.29 bits per heavy atom. The number of benzene rings is 1. The number of hydrogen-bond acceptors (Lipinski definition) is 6. The maximum Gasteiger partial charge on any atom is 0.335 e. The summed E-state index contributed by atoms with van der Waals surface area (Å²) in [7, 11) is 2.10. The van der Waals surface area contributed by atoms with Crippen molar-refractivity contribution in [2.24, 2.45) is 0 Å². The minimum Gasteiger partial charge on any atom is -0.478 e. The van der Waals surface area contributed by atoms with Gasteiger partial charge >= 0.3 is 5.97 Å². The zero-order valence-electron chi connectivity index (χ0n) is 17.8. The molecule has 0 radical (unpaired) electrons. The van der Waals surface area contributed by atoms with Crippen molar-refractivity contribution in [3.8, 4) is 6.07 Å². The van der Waals surface area contributed by atoms with Gasteiger partial charge in [0.2, 0.25) is 5.69 Å². The molecule has 1 aromatic heterocycles. The molecule has 1 saturated heterocycles. The topological polar surface area (TPSA) is 84.8 Å². The number of likely N-dealkylation sites (N-methyl/N-ethyl adjacent to an activating group) is 1. The highest BCUT2D eigenvalue weighted by Crippen LogP contribution is 2.39. The molecule has 0 bridgehead atoms. The van der Waals surface area contributed by atoms with Crippen LogP contribution in [0.1, 0.15) is 40.4 Å². The lowest BCUT2D eigenvalue weighted by Gasteiger charge is -2.25. The van der Waals surface area contributed by atoms with Crippen LogP contribution in [0.5, 0.6) is 0 Å². The minimum absolute atomic E-state index is 0.243. The largest absolute Gasteiger partial charge is 0.478 e. The lowest BCUT2D eigenvalue weighted by Crippen LogP contribution is -2.29. The lowest BCUT2D eigenvalue weighted by molar-refractivity contribution is 0.0697. The average Bonchev–Trinajstić information content (AvgIpc) is 3.00. The van der Waals surface area contributed by atoms with Gasteiger partial charge in [-0.2, -0.15) is 5.26 Å². The molecule has 1 aliphatic rings. The molecule has 0 spiro atoms. The number of aromatic nitrogens is 1. The molecule has 160 valence electrons. The van der Waals surface area contributed by atoms with Crippen molar-refractivity contribution in [2.75, 3.05) is 38.1 Å². The van der Waals surface area contributed by atoms with E-state index in [-0.39, 0.29) is 5.56 Å². The first kappa shape index (κ1) is 22.6. The van der Waals surface area contributed by atoms with E-state index in [1.807, 2.05) is 6.92 Å². The highest BCUT2D eigenvalue weighted by atomic mass is 32.2. The second-order valence-corrected chi connectivity index (χ2v) is 8.42. The third kappa shape index (κ3) is 5.16. The number of nitrogens with zero attached hydrogens (tertiary/aromatic N) is 5. The third-order valence-corrected chi connectivity index (χ3v) is 6.44. The Bertz CT molecular complexity index is 1040. The van der Waals surface area contributed by atoms with Crippen molar-refractivity contribution in [1.82, 2.24) is 9.88 Å². The van der Waals surface area contributed by atoms with E-state index in [1.54, 1.807) is 24.3 Å². The molecule has 2 aromatic rings. The lowest BCUT2D eigenvalue weighted by atomic mass is 10.1. The van der Waals surface area contributed by atoms with E-state index in [0.29, 0.717) is 34.3 Å². The quantitative estimate of drug-likeness (QED) is 0.538. The van der Waals surface area contributed by atoms with Gasteiger partial charge in [-0.25, -0.2) is 14.6 Å². The Morgan fingerprint density at radius 2 is 2.03 bits per heavy atom. The van der Waals surface area contributed by atoms with Crippen LogP contribution in [0.3, 0.4) is 0 Å². The Hall–Kier alpha value is -3.07. The van der Waals surface area contributed by atoms with Crippen LogP contribution >= 0.6 is 11.8 Å². The highest BCUT2D eigenvalue weighted by Gasteiger charge is 2.24. The summed E-state index contributed by atoms with van der Waals surface area (Å²) in [5, 5.41) is 19.5. The van der Waals surface area contributed by atoms with Crippen LogP contribution in [0, 0.1) is 17.9 Å². The Balaban J connectivity index is 1.96.